The van der Waals surface area contributed by atoms with Crippen LogP contribution in [0.2, 0.25) is 0 Å². The lowest BCUT2D eigenvalue weighted by molar-refractivity contribution is -0.137. The molecule has 2 amide bonds. The van der Waals surface area contributed by atoms with E-state index >= 15 is 0 Å². The Labute approximate surface area is 176 Å². The van der Waals surface area contributed by atoms with Crippen LogP contribution in [-0.2, 0) is 6.18 Å². The molecule has 1 aromatic carbocycles. The van der Waals surface area contributed by atoms with E-state index in [-0.39, 0.29) is 17.8 Å². The fraction of sp³-hybridized carbons (Fsp3) is 0.696. The molecule has 3 saturated heterocycles. The molecule has 3 aliphatic heterocycles. The molecule has 7 heteroatoms. The van der Waals surface area contributed by atoms with Crippen molar-refractivity contribution in [2.45, 2.75) is 70.1 Å². The van der Waals surface area contributed by atoms with Gasteiger partial charge in [0, 0.05) is 24.3 Å². The maximum atomic E-state index is 13.3. The van der Waals surface area contributed by atoms with Crippen molar-refractivity contribution < 1.29 is 18.0 Å². The zero-order chi connectivity index (χ0) is 21.3. The Morgan fingerprint density at radius 2 is 1.97 bits per heavy atom. The number of unbranched alkanes of at least 4 members (excludes halogenated alkanes) is 1. The van der Waals surface area contributed by atoms with E-state index in [9.17, 15) is 18.0 Å². The van der Waals surface area contributed by atoms with Crippen LogP contribution in [0, 0.1) is 11.8 Å². The second-order valence-electron chi connectivity index (χ2n) is 9.11. The van der Waals surface area contributed by atoms with Crippen LogP contribution in [-0.4, -0.2) is 47.5 Å². The number of carbonyl (C=O) groups excluding carboxylic acids is 1. The van der Waals surface area contributed by atoms with Crippen LogP contribution in [0.1, 0.15) is 57.4 Å². The molecule has 4 rings (SSSR count). The summed E-state index contributed by atoms with van der Waals surface area (Å²) in [5.74, 6) is 0.936. The van der Waals surface area contributed by atoms with Gasteiger partial charge in [0.25, 0.3) is 0 Å². The Balaban J connectivity index is 1.55. The molecule has 0 radical (unpaired) electrons. The van der Waals surface area contributed by atoms with Crippen molar-refractivity contribution in [1.29, 1.82) is 0 Å². The van der Waals surface area contributed by atoms with Gasteiger partial charge in [-0.1, -0.05) is 25.8 Å². The Kier molecular flexibility index (Phi) is 6.28. The van der Waals surface area contributed by atoms with Gasteiger partial charge in [0.15, 0.2) is 0 Å². The van der Waals surface area contributed by atoms with E-state index < -0.39 is 11.7 Å². The summed E-state index contributed by atoms with van der Waals surface area (Å²) < 4.78 is 39.2. The molecule has 4 atom stereocenters. The van der Waals surface area contributed by atoms with Crippen molar-refractivity contribution in [3.63, 3.8) is 0 Å². The molecule has 1 aromatic rings. The topological polar surface area (TPSA) is 35.6 Å². The summed E-state index contributed by atoms with van der Waals surface area (Å²) in [4.78, 5) is 17.9. The van der Waals surface area contributed by atoms with Crippen molar-refractivity contribution in [3.8, 4) is 0 Å². The molecule has 0 unspecified atom stereocenters. The second kappa shape index (κ2) is 8.77. The predicted octanol–water partition coefficient (Wildman–Crippen LogP) is 5.60. The number of urea groups is 1. The number of nitrogens with one attached hydrogen (secondary N) is 1. The molecular weight excluding hydrogens is 391 g/mol. The normalized spacial score (nSPS) is 29.4. The molecule has 1 N–H and O–H groups in total. The summed E-state index contributed by atoms with van der Waals surface area (Å²) >= 11 is 0. The maximum Gasteiger partial charge on any atom is 0.416 e. The van der Waals surface area contributed by atoms with Crippen LogP contribution < -0.4 is 5.32 Å². The number of alkyl halides is 3. The highest BCUT2D eigenvalue weighted by atomic mass is 19.4. The minimum absolute atomic E-state index is 0.165. The molecule has 3 fully saturated rings. The molecule has 3 heterocycles. The zero-order valence-corrected chi connectivity index (χ0v) is 17.6. The number of anilines is 1. The highest BCUT2D eigenvalue weighted by Gasteiger charge is 2.49. The lowest BCUT2D eigenvalue weighted by Crippen LogP contribution is -2.66. The standard InChI is InChI=1S/C23H32F3N3O/c1-2-3-11-20-19-10-6-13-28-12-5-7-16(21(19)28)15-29(20)22(30)27-18-9-4-8-17(14-18)23(24,25)26/h4,8-9,14,16,19-21H,2-3,5-7,10-13,15H2,1H3,(H,27,30)/t16-,19+,20+,21-/m0/s1. The van der Waals surface area contributed by atoms with E-state index in [2.05, 4.69) is 17.1 Å². The maximum absolute atomic E-state index is 13.3. The summed E-state index contributed by atoms with van der Waals surface area (Å²) in [6, 6.07) is 5.41. The van der Waals surface area contributed by atoms with Crippen molar-refractivity contribution in [1.82, 2.24) is 9.80 Å². The third-order valence-electron chi connectivity index (χ3n) is 7.23. The number of likely N-dealkylation sites (tertiary alicyclic amines) is 1. The van der Waals surface area contributed by atoms with Crippen molar-refractivity contribution >= 4 is 11.7 Å². The van der Waals surface area contributed by atoms with Gasteiger partial charge in [0.05, 0.1) is 5.56 Å². The van der Waals surface area contributed by atoms with Gasteiger partial charge in [0.2, 0.25) is 0 Å². The van der Waals surface area contributed by atoms with Gasteiger partial charge in [-0.25, -0.2) is 4.79 Å². The van der Waals surface area contributed by atoms with E-state index in [1.807, 2.05) is 4.90 Å². The first-order valence-corrected chi connectivity index (χ1v) is 11.4. The minimum atomic E-state index is -4.42. The van der Waals surface area contributed by atoms with Crippen LogP contribution in [0.5, 0.6) is 0 Å². The Bertz CT molecular complexity index is 751. The molecule has 166 valence electrons. The highest BCUT2D eigenvalue weighted by molar-refractivity contribution is 5.89. The first-order valence-electron chi connectivity index (χ1n) is 11.4. The highest BCUT2D eigenvalue weighted by Crippen LogP contribution is 2.43. The van der Waals surface area contributed by atoms with Gasteiger partial charge in [-0.3, -0.25) is 4.90 Å². The Hall–Kier alpha value is -1.76. The second-order valence-corrected chi connectivity index (χ2v) is 9.11. The molecule has 3 aliphatic rings. The average Bonchev–Trinajstić information content (AvgIpc) is 2.73. The number of benzene rings is 1. The first kappa shape index (κ1) is 21.5. The molecule has 0 aliphatic carbocycles. The smallest absolute Gasteiger partial charge is 0.321 e. The quantitative estimate of drug-likeness (QED) is 0.684. The largest absolute Gasteiger partial charge is 0.416 e. The number of piperidine rings is 3. The summed E-state index contributed by atoms with van der Waals surface area (Å²) in [7, 11) is 0. The molecular formula is C23H32F3N3O. The average molecular weight is 424 g/mol. The van der Waals surface area contributed by atoms with Crippen LogP contribution in [0.15, 0.2) is 24.3 Å². The fourth-order valence-electron chi connectivity index (χ4n) is 5.98. The fourth-order valence-corrected chi connectivity index (χ4v) is 5.98. The lowest BCUT2D eigenvalue weighted by Gasteiger charge is -2.57. The molecule has 0 bridgehead atoms. The Morgan fingerprint density at radius 1 is 1.20 bits per heavy atom. The number of hydrogen-bond donors (Lipinski definition) is 1. The number of halogens is 3. The van der Waals surface area contributed by atoms with Crippen molar-refractivity contribution in [3.05, 3.63) is 29.8 Å². The molecule has 0 saturated carbocycles. The van der Waals surface area contributed by atoms with Crippen LogP contribution in [0.3, 0.4) is 0 Å². The van der Waals surface area contributed by atoms with Gasteiger partial charge >= 0.3 is 12.2 Å². The number of hydrogen-bond acceptors (Lipinski definition) is 2. The Morgan fingerprint density at radius 3 is 2.70 bits per heavy atom. The van der Waals surface area contributed by atoms with Gasteiger partial charge in [-0.2, -0.15) is 13.2 Å². The summed E-state index contributed by atoms with van der Waals surface area (Å²) in [5.41, 5.74) is -0.531. The number of amides is 2. The number of carbonyl (C=O) groups is 1. The van der Waals surface area contributed by atoms with Crippen molar-refractivity contribution in [2.75, 3.05) is 25.0 Å². The van der Waals surface area contributed by atoms with E-state index in [0.29, 0.717) is 24.4 Å². The van der Waals surface area contributed by atoms with Crippen LogP contribution in [0.4, 0.5) is 23.7 Å². The van der Waals surface area contributed by atoms with E-state index in [0.717, 1.165) is 63.7 Å². The van der Waals surface area contributed by atoms with Crippen molar-refractivity contribution in [2.24, 2.45) is 11.8 Å². The molecule has 0 spiro atoms. The predicted molar refractivity (Wildman–Crippen MR) is 111 cm³/mol. The first-order chi connectivity index (χ1) is 14.4. The third kappa shape index (κ3) is 4.32. The van der Waals surface area contributed by atoms with Crippen LogP contribution in [0.25, 0.3) is 0 Å². The molecule has 4 nitrogen and oxygen atoms in total. The number of nitrogens with zero attached hydrogens (tertiary/aromatic N) is 2. The number of rotatable bonds is 4. The molecule has 0 aromatic heterocycles. The SMILES string of the molecule is CCCC[C@@H]1[C@H]2CCCN3CCC[C@@H](CN1C(=O)Nc1cccc(C(F)(F)F)c1)[C@@H]23. The van der Waals surface area contributed by atoms with E-state index in [4.69, 9.17) is 0 Å². The monoisotopic (exact) mass is 423 g/mol. The van der Waals surface area contributed by atoms with E-state index in [1.165, 1.54) is 18.6 Å². The third-order valence-corrected chi connectivity index (χ3v) is 7.23. The molecule has 30 heavy (non-hydrogen) atoms. The summed E-state index contributed by atoms with van der Waals surface area (Å²) in [5, 5.41) is 2.77. The van der Waals surface area contributed by atoms with Crippen LogP contribution >= 0.6 is 0 Å². The zero-order valence-electron chi connectivity index (χ0n) is 17.6. The van der Waals surface area contributed by atoms with Gasteiger partial charge in [-0.05, 0) is 75.2 Å². The lowest BCUT2D eigenvalue weighted by atomic mass is 9.69. The summed E-state index contributed by atoms with van der Waals surface area (Å²) in [6.07, 6.45) is 3.28. The van der Waals surface area contributed by atoms with E-state index in [1.54, 1.807) is 0 Å². The van der Waals surface area contributed by atoms with Gasteiger partial charge in [-0.15, -0.1) is 0 Å². The minimum Gasteiger partial charge on any atom is -0.321 e. The van der Waals surface area contributed by atoms with Gasteiger partial charge < -0.3 is 10.2 Å². The summed E-state index contributed by atoms with van der Waals surface area (Å²) in [6.45, 7) is 5.19. The van der Waals surface area contributed by atoms with Gasteiger partial charge in [0.1, 0.15) is 0 Å².